The van der Waals surface area contributed by atoms with Gasteiger partial charge in [0.25, 0.3) is 0 Å². The lowest BCUT2D eigenvalue weighted by Gasteiger charge is -2.33. The van der Waals surface area contributed by atoms with Crippen molar-refractivity contribution >= 4 is 0 Å². The molecule has 2 nitrogen and oxygen atoms in total. The molecule has 1 saturated heterocycles. The molecule has 1 fully saturated rings. The summed E-state index contributed by atoms with van der Waals surface area (Å²) < 4.78 is 5.85. The number of para-hydroxylation sites is 1. The molecule has 21 heavy (non-hydrogen) atoms. The van der Waals surface area contributed by atoms with Crippen molar-refractivity contribution in [3.05, 3.63) is 65.7 Å². The molecule has 1 aliphatic heterocycles. The standard InChI is InChI=1S/C19H23NO/c1-2-21-19-11-7-6-10-17(19)16-12-13-20-14-18(16)15-8-4-3-5-9-15/h3-11,16,18,20H,2,12-14H2,1H3. The molecule has 0 spiro atoms. The van der Waals surface area contributed by atoms with E-state index in [1.54, 1.807) is 0 Å². The fourth-order valence-corrected chi connectivity index (χ4v) is 3.36. The van der Waals surface area contributed by atoms with Crippen LogP contribution >= 0.6 is 0 Å². The van der Waals surface area contributed by atoms with Gasteiger partial charge >= 0.3 is 0 Å². The van der Waals surface area contributed by atoms with Gasteiger partial charge in [-0.1, -0.05) is 48.5 Å². The Kier molecular flexibility index (Phi) is 4.56. The van der Waals surface area contributed by atoms with Crippen LogP contribution in [-0.2, 0) is 0 Å². The Bertz CT molecular complexity index is 567. The van der Waals surface area contributed by atoms with Crippen LogP contribution < -0.4 is 10.1 Å². The van der Waals surface area contributed by atoms with Crippen LogP contribution in [0.15, 0.2) is 54.6 Å². The van der Waals surface area contributed by atoms with Gasteiger partial charge in [-0.3, -0.25) is 0 Å². The van der Waals surface area contributed by atoms with Gasteiger partial charge in [0, 0.05) is 12.5 Å². The van der Waals surface area contributed by atoms with E-state index in [1.807, 2.05) is 6.92 Å². The van der Waals surface area contributed by atoms with E-state index >= 15 is 0 Å². The fraction of sp³-hybridized carbons (Fsp3) is 0.368. The van der Waals surface area contributed by atoms with Crippen molar-refractivity contribution in [3.63, 3.8) is 0 Å². The van der Waals surface area contributed by atoms with Crippen molar-refractivity contribution in [2.75, 3.05) is 19.7 Å². The molecule has 1 N–H and O–H groups in total. The lowest BCUT2D eigenvalue weighted by molar-refractivity contribution is 0.324. The molecular formula is C19H23NO. The molecule has 2 unspecified atom stereocenters. The van der Waals surface area contributed by atoms with Gasteiger partial charge in [0.15, 0.2) is 0 Å². The van der Waals surface area contributed by atoms with Gasteiger partial charge in [-0.2, -0.15) is 0 Å². The van der Waals surface area contributed by atoms with Gasteiger partial charge in [-0.05, 0) is 43.0 Å². The van der Waals surface area contributed by atoms with Crippen LogP contribution in [0, 0.1) is 0 Å². The summed E-state index contributed by atoms with van der Waals surface area (Å²) in [5, 5.41) is 3.54. The van der Waals surface area contributed by atoms with E-state index in [1.165, 1.54) is 11.1 Å². The first-order chi connectivity index (χ1) is 10.4. The lowest BCUT2D eigenvalue weighted by atomic mass is 9.77. The smallest absolute Gasteiger partial charge is 0.122 e. The lowest BCUT2D eigenvalue weighted by Crippen LogP contribution is -2.34. The first kappa shape index (κ1) is 14.2. The van der Waals surface area contributed by atoms with Gasteiger partial charge in [0.2, 0.25) is 0 Å². The topological polar surface area (TPSA) is 21.3 Å². The maximum Gasteiger partial charge on any atom is 0.122 e. The molecule has 0 aliphatic carbocycles. The molecule has 1 heterocycles. The second-order valence-corrected chi connectivity index (χ2v) is 5.59. The number of hydrogen-bond acceptors (Lipinski definition) is 2. The minimum Gasteiger partial charge on any atom is -0.494 e. The summed E-state index contributed by atoms with van der Waals surface area (Å²) in [5.41, 5.74) is 2.77. The third-order valence-electron chi connectivity index (χ3n) is 4.33. The molecule has 0 bridgehead atoms. The van der Waals surface area contributed by atoms with E-state index in [0.717, 1.165) is 31.9 Å². The third kappa shape index (κ3) is 3.11. The van der Waals surface area contributed by atoms with Crippen molar-refractivity contribution < 1.29 is 4.74 Å². The predicted molar refractivity (Wildman–Crippen MR) is 87.0 cm³/mol. The third-order valence-corrected chi connectivity index (χ3v) is 4.33. The Morgan fingerprint density at radius 2 is 1.76 bits per heavy atom. The van der Waals surface area contributed by atoms with E-state index in [-0.39, 0.29) is 0 Å². The Balaban J connectivity index is 1.95. The fourth-order valence-electron chi connectivity index (χ4n) is 3.36. The molecule has 110 valence electrons. The molecule has 3 rings (SSSR count). The molecule has 2 aromatic carbocycles. The quantitative estimate of drug-likeness (QED) is 0.916. The second kappa shape index (κ2) is 6.77. The summed E-state index contributed by atoms with van der Waals surface area (Å²) in [4.78, 5) is 0. The molecule has 0 saturated carbocycles. The van der Waals surface area contributed by atoms with Crippen molar-refractivity contribution in [3.8, 4) is 5.75 Å². The highest BCUT2D eigenvalue weighted by Gasteiger charge is 2.29. The molecule has 0 radical (unpaired) electrons. The van der Waals surface area contributed by atoms with Crippen LogP contribution in [0.3, 0.4) is 0 Å². The van der Waals surface area contributed by atoms with Gasteiger partial charge < -0.3 is 10.1 Å². The largest absolute Gasteiger partial charge is 0.494 e. The molecule has 1 aliphatic rings. The van der Waals surface area contributed by atoms with Gasteiger partial charge in [0.05, 0.1) is 6.61 Å². The van der Waals surface area contributed by atoms with E-state index < -0.39 is 0 Å². The van der Waals surface area contributed by atoms with E-state index in [9.17, 15) is 0 Å². The van der Waals surface area contributed by atoms with Crippen molar-refractivity contribution in [1.82, 2.24) is 5.32 Å². The normalized spacial score (nSPS) is 22.0. The first-order valence-electron chi connectivity index (χ1n) is 7.87. The van der Waals surface area contributed by atoms with Gasteiger partial charge in [-0.25, -0.2) is 0 Å². The number of nitrogens with one attached hydrogen (secondary N) is 1. The molecular weight excluding hydrogens is 258 g/mol. The summed E-state index contributed by atoms with van der Waals surface area (Å²) in [6.07, 6.45) is 1.16. The highest BCUT2D eigenvalue weighted by atomic mass is 16.5. The Morgan fingerprint density at radius 1 is 1.00 bits per heavy atom. The van der Waals surface area contributed by atoms with E-state index in [0.29, 0.717) is 11.8 Å². The molecule has 2 aromatic rings. The van der Waals surface area contributed by atoms with Gasteiger partial charge in [-0.15, -0.1) is 0 Å². The zero-order valence-corrected chi connectivity index (χ0v) is 12.6. The van der Waals surface area contributed by atoms with Crippen molar-refractivity contribution in [2.24, 2.45) is 0 Å². The van der Waals surface area contributed by atoms with Crippen LogP contribution in [0.25, 0.3) is 0 Å². The maximum absolute atomic E-state index is 5.85. The highest BCUT2D eigenvalue weighted by Crippen LogP contribution is 2.40. The summed E-state index contributed by atoms with van der Waals surface area (Å²) in [7, 11) is 0. The minimum absolute atomic E-state index is 0.515. The second-order valence-electron chi connectivity index (χ2n) is 5.59. The average Bonchev–Trinajstić information content (AvgIpc) is 2.57. The number of rotatable bonds is 4. The summed E-state index contributed by atoms with van der Waals surface area (Å²) in [5.74, 6) is 2.09. The summed E-state index contributed by atoms with van der Waals surface area (Å²) in [6, 6.07) is 19.4. The minimum atomic E-state index is 0.515. The zero-order chi connectivity index (χ0) is 14.5. The van der Waals surface area contributed by atoms with Crippen molar-refractivity contribution in [1.29, 1.82) is 0 Å². The van der Waals surface area contributed by atoms with E-state index in [4.69, 9.17) is 4.74 Å². The average molecular weight is 281 g/mol. The predicted octanol–water partition coefficient (Wildman–Crippen LogP) is 3.95. The monoisotopic (exact) mass is 281 g/mol. The van der Waals surface area contributed by atoms with Crippen LogP contribution in [0.4, 0.5) is 0 Å². The van der Waals surface area contributed by atoms with E-state index in [2.05, 4.69) is 59.9 Å². The number of ether oxygens (including phenoxy) is 1. The SMILES string of the molecule is CCOc1ccccc1C1CCNCC1c1ccccc1. The Labute approximate surface area is 127 Å². The maximum atomic E-state index is 5.85. The van der Waals surface area contributed by atoms with Crippen LogP contribution in [0.5, 0.6) is 5.75 Å². The molecule has 2 atom stereocenters. The Morgan fingerprint density at radius 3 is 2.57 bits per heavy atom. The molecule has 0 aromatic heterocycles. The summed E-state index contributed by atoms with van der Waals surface area (Å²) in [6.45, 7) is 4.88. The Hall–Kier alpha value is -1.80. The first-order valence-corrected chi connectivity index (χ1v) is 7.87. The number of benzene rings is 2. The highest BCUT2D eigenvalue weighted by molar-refractivity contribution is 5.39. The van der Waals surface area contributed by atoms with Gasteiger partial charge in [0.1, 0.15) is 5.75 Å². The van der Waals surface area contributed by atoms with Crippen LogP contribution in [0.2, 0.25) is 0 Å². The number of hydrogen-bond donors (Lipinski definition) is 1. The van der Waals surface area contributed by atoms with Crippen LogP contribution in [-0.4, -0.2) is 19.7 Å². The zero-order valence-electron chi connectivity index (χ0n) is 12.6. The summed E-state index contributed by atoms with van der Waals surface area (Å²) >= 11 is 0. The van der Waals surface area contributed by atoms with Crippen LogP contribution in [0.1, 0.15) is 36.3 Å². The van der Waals surface area contributed by atoms with Crippen molar-refractivity contribution in [2.45, 2.75) is 25.2 Å². The molecule has 0 amide bonds. The molecule has 2 heteroatoms. The number of piperidine rings is 1.